The van der Waals surface area contributed by atoms with Crippen molar-refractivity contribution in [1.29, 1.82) is 0 Å². The van der Waals surface area contributed by atoms with Gasteiger partial charge in [0.25, 0.3) is 0 Å². The second kappa shape index (κ2) is 9.18. The smallest absolute Gasteiger partial charge is 0.130 e. The largest absolute Gasteiger partial charge is 0.494 e. The van der Waals surface area contributed by atoms with Crippen LogP contribution < -0.4 is 9.47 Å². The van der Waals surface area contributed by atoms with E-state index >= 15 is 0 Å². The van der Waals surface area contributed by atoms with Crippen LogP contribution in [-0.4, -0.2) is 38.6 Å². The first-order valence-corrected chi connectivity index (χ1v) is 7.87. The third-order valence-electron chi connectivity index (χ3n) is 3.47. The molecule has 23 heavy (non-hydrogen) atoms. The molecule has 0 radical (unpaired) electrons. The minimum absolute atomic E-state index is 0.160. The lowest BCUT2D eigenvalue weighted by Crippen LogP contribution is -2.05. The SMILES string of the molecule is CCOc1ccc(-c2ccc(CCO)cc2)c(OCCOC)c1. The first-order valence-electron chi connectivity index (χ1n) is 7.87. The molecule has 1 N–H and O–H groups in total. The molecule has 2 aromatic rings. The summed E-state index contributed by atoms with van der Waals surface area (Å²) < 4.78 is 16.5. The monoisotopic (exact) mass is 316 g/mol. The van der Waals surface area contributed by atoms with Crippen LogP contribution in [0.1, 0.15) is 12.5 Å². The fourth-order valence-corrected chi connectivity index (χ4v) is 2.33. The molecular formula is C19H24O4. The fourth-order valence-electron chi connectivity index (χ4n) is 2.33. The quantitative estimate of drug-likeness (QED) is 0.721. The Bertz CT molecular complexity index is 593. The van der Waals surface area contributed by atoms with E-state index in [1.165, 1.54) is 0 Å². The van der Waals surface area contributed by atoms with E-state index in [-0.39, 0.29) is 6.61 Å². The molecule has 0 heterocycles. The van der Waals surface area contributed by atoms with Crippen molar-refractivity contribution in [2.45, 2.75) is 13.3 Å². The molecule has 0 bridgehead atoms. The van der Waals surface area contributed by atoms with Gasteiger partial charge in [-0.05, 0) is 36.6 Å². The van der Waals surface area contributed by atoms with Gasteiger partial charge in [0.05, 0.1) is 13.2 Å². The standard InChI is InChI=1S/C19H24O4/c1-3-22-17-8-9-18(19(14-17)23-13-12-21-2)16-6-4-15(5-7-16)10-11-20/h4-9,14,20H,3,10-13H2,1-2H3. The van der Waals surface area contributed by atoms with Crippen LogP contribution in [0.25, 0.3) is 11.1 Å². The van der Waals surface area contributed by atoms with Crippen molar-refractivity contribution in [3.63, 3.8) is 0 Å². The van der Waals surface area contributed by atoms with Gasteiger partial charge < -0.3 is 19.3 Å². The van der Waals surface area contributed by atoms with Crippen molar-refractivity contribution >= 4 is 0 Å². The van der Waals surface area contributed by atoms with Crippen LogP contribution in [0.4, 0.5) is 0 Å². The van der Waals surface area contributed by atoms with Crippen molar-refractivity contribution in [3.05, 3.63) is 48.0 Å². The Kier molecular flexibility index (Phi) is 6.91. The zero-order valence-electron chi connectivity index (χ0n) is 13.7. The average Bonchev–Trinajstić information content (AvgIpc) is 2.57. The maximum absolute atomic E-state index is 9.01. The lowest BCUT2D eigenvalue weighted by atomic mass is 10.0. The van der Waals surface area contributed by atoms with Crippen LogP contribution in [0.15, 0.2) is 42.5 Å². The highest BCUT2D eigenvalue weighted by Gasteiger charge is 2.09. The summed E-state index contributed by atoms with van der Waals surface area (Å²) in [5, 5.41) is 9.01. The molecule has 2 aromatic carbocycles. The first kappa shape index (κ1) is 17.3. The van der Waals surface area contributed by atoms with E-state index in [0.29, 0.717) is 26.2 Å². The van der Waals surface area contributed by atoms with E-state index in [0.717, 1.165) is 28.2 Å². The molecule has 0 aliphatic heterocycles. The van der Waals surface area contributed by atoms with E-state index in [1.54, 1.807) is 7.11 Å². The summed E-state index contributed by atoms with van der Waals surface area (Å²) in [4.78, 5) is 0. The summed E-state index contributed by atoms with van der Waals surface area (Å²) in [5.74, 6) is 1.57. The Morgan fingerprint density at radius 2 is 1.74 bits per heavy atom. The summed E-state index contributed by atoms with van der Waals surface area (Å²) in [6.07, 6.45) is 0.667. The number of aliphatic hydroxyl groups is 1. The maximum Gasteiger partial charge on any atom is 0.130 e. The minimum Gasteiger partial charge on any atom is -0.494 e. The predicted octanol–water partition coefficient (Wildman–Crippen LogP) is 3.31. The van der Waals surface area contributed by atoms with E-state index in [2.05, 4.69) is 0 Å². The maximum atomic E-state index is 9.01. The van der Waals surface area contributed by atoms with E-state index in [1.807, 2.05) is 49.4 Å². The zero-order chi connectivity index (χ0) is 16.5. The van der Waals surface area contributed by atoms with Gasteiger partial charge >= 0.3 is 0 Å². The molecule has 0 saturated carbocycles. The van der Waals surface area contributed by atoms with Crippen LogP contribution in [0.3, 0.4) is 0 Å². The Hall–Kier alpha value is -2.04. The number of hydrogen-bond acceptors (Lipinski definition) is 4. The summed E-state index contributed by atoms with van der Waals surface area (Å²) in [6.45, 7) is 3.76. The molecular weight excluding hydrogens is 292 g/mol. The summed E-state index contributed by atoms with van der Waals surface area (Å²) in [7, 11) is 1.65. The van der Waals surface area contributed by atoms with Gasteiger partial charge in [0.15, 0.2) is 0 Å². The van der Waals surface area contributed by atoms with Gasteiger partial charge in [-0.15, -0.1) is 0 Å². The van der Waals surface area contributed by atoms with Crippen molar-refractivity contribution < 1.29 is 19.3 Å². The number of benzene rings is 2. The van der Waals surface area contributed by atoms with Crippen molar-refractivity contribution in [2.75, 3.05) is 33.5 Å². The third-order valence-corrected chi connectivity index (χ3v) is 3.47. The fraction of sp³-hybridized carbons (Fsp3) is 0.368. The van der Waals surface area contributed by atoms with Gasteiger partial charge in [0.2, 0.25) is 0 Å². The van der Waals surface area contributed by atoms with Crippen molar-refractivity contribution in [2.24, 2.45) is 0 Å². The van der Waals surface area contributed by atoms with Crippen LogP contribution in [0.5, 0.6) is 11.5 Å². The number of ether oxygens (including phenoxy) is 3. The highest BCUT2D eigenvalue weighted by molar-refractivity contribution is 5.71. The summed E-state index contributed by atoms with van der Waals surface area (Å²) in [6, 6.07) is 14.0. The zero-order valence-corrected chi connectivity index (χ0v) is 13.7. The van der Waals surface area contributed by atoms with E-state index in [4.69, 9.17) is 19.3 Å². The number of hydrogen-bond donors (Lipinski definition) is 1. The molecule has 0 aliphatic rings. The lowest BCUT2D eigenvalue weighted by molar-refractivity contribution is 0.146. The number of rotatable bonds is 9. The van der Waals surface area contributed by atoms with Crippen molar-refractivity contribution in [3.8, 4) is 22.6 Å². The van der Waals surface area contributed by atoms with Gasteiger partial charge in [0.1, 0.15) is 18.1 Å². The van der Waals surface area contributed by atoms with Crippen LogP contribution in [0, 0.1) is 0 Å². The van der Waals surface area contributed by atoms with Gasteiger partial charge in [0, 0.05) is 25.3 Å². The van der Waals surface area contributed by atoms with E-state index < -0.39 is 0 Å². The number of aliphatic hydroxyl groups excluding tert-OH is 1. The van der Waals surface area contributed by atoms with Crippen LogP contribution in [-0.2, 0) is 11.2 Å². The predicted molar refractivity (Wildman–Crippen MR) is 91.2 cm³/mol. The third kappa shape index (κ3) is 4.98. The molecule has 0 aromatic heterocycles. The molecule has 0 aliphatic carbocycles. The minimum atomic E-state index is 0.160. The normalized spacial score (nSPS) is 10.6. The van der Waals surface area contributed by atoms with E-state index in [9.17, 15) is 0 Å². The molecule has 0 atom stereocenters. The second-order valence-electron chi connectivity index (χ2n) is 5.10. The molecule has 0 unspecified atom stereocenters. The second-order valence-corrected chi connectivity index (χ2v) is 5.10. The molecule has 4 heteroatoms. The molecule has 4 nitrogen and oxygen atoms in total. The Balaban J connectivity index is 2.27. The number of methoxy groups -OCH3 is 1. The Morgan fingerprint density at radius 1 is 0.957 bits per heavy atom. The summed E-state index contributed by atoms with van der Waals surface area (Å²) in [5.41, 5.74) is 3.20. The van der Waals surface area contributed by atoms with Gasteiger partial charge in [-0.2, -0.15) is 0 Å². The molecule has 0 amide bonds. The molecule has 0 spiro atoms. The van der Waals surface area contributed by atoms with Crippen molar-refractivity contribution in [1.82, 2.24) is 0 Å². The van der Waals surface area contributed by atoms with Crippen LogP contribution in [0.2, 0.25) is 0 Å². The van der Waals surface area contributed by atoms with Gasteiger partial charge in [-0.1, -0.05) is 24.3 Å². The highest BCUT2D eigenvalue weighted by Crippen LogP contribution is 2.33. The Morgan fingerprint density at radius 3 is 2.39 bits per heavy atom. The molecule has 0 saturated heterocycles. The van der Waals surface area contributed by atoms with Gasteiger partial charge in [-0.25, -0.2) is 0 Å². The van der Waals surface area contributed by atoms with Crippen LogP contribution >= 0.6 is 0 Å². The molecule has 124 valence electrons. The Labute approximate surface area is 137 Å². The lowest BCUT2D eigenvalue weighted by Gasteiger charge is -2.14. The first-order chi connectivity index (χ1) is 11.3. The topological polar surface area (TPSA) is 47.9 Å². The molecule has 0 fully saturated rings. The average molecular weight is 316 g/mol. The summed E-state index contributed by atoms with van der Waals surface area (Å²) >= 11 is 0. The highest BCUT2D eigenvalue weighted by atomic mass is 16.5. The molecule has 2 rings (SSSR count). The van der Waals surface area contributed by atoms with Gasteiger partial charge in [-0.3, -0.25) is 0 Å².